The monoisotopic (exact) mass is 465 g/mol. The van der Waals surface area contributed by atoms with Crippen molar-refractivity contribution in [2.75, 3.05) is 14.2 Å². The number of hydrogen-bond donors (Lipinski definition) is 0. The van der Waals surface area contributed by atoms with Gasteiger partial charge < -0.3 is 9.47 Å². The molecule has 0 radical (unpaired) electrons. The van der Waals surface area contributed by atoms with Crippen LogP contribution in [0.5, 0.6) is 11.5 Å². The molecule has 0 saturated heterocycles. The first kappa shape index (κ1) is 23.0. The maximum Gasteiger partial charge on any atom is 0.433 e. The molecule has 0 atom stereocenters. The second-order valence-corrected chi connectivity index (χ2v) is 7.20. The van der Waals surface area contributed by atoms with Crippen LogP contribution in [0.15, 0.2) is 52.5 Å². The number of hydrogen-bond acceptors (Lipinski definition) is 8. The van der Waals surface area contributed by atoms with Crippen molar-refractivity contribution in [3.05, 3.63) is 63.8 Å². The lowest BCUT2D eigenvalue weighted by Crippen LogP contribution is -2.10. The Labute approximate surface area is 183 Å². The van der Waals surface area contributed by atoms with Crippen LogP contribution < -0.4 is 9.47 Å². The number of carbonyl (C=O) groups excluding carboxylic acids is 1. The molecule has 12 heteroatoms. The van der Waals surface area contributed by atoms with Gasteiger partial charge in [-0.25, -0.2) is 9.97 Å². The molecule has 8 nitrogen and oxygen atoms in total. The molecule has 3 aromatic rings. The molecular weight excluding hydrogens is 451 g/mol. The molecule has 1 heterocycles. The minimum atomic E-state index is -4.76. The first-order valence-electron chi connectivity index (χ1n) is 8.76. The number of halogens is 3. The molecule has 0 fully saturated rings. The van der Waals surface area contributed by atoms with Crippen molar-refractivity contribution in [1.82, 2.24) is 9.97 Å². The summed E-state index contributed by atoms with van der Waals surface area (Å²) in [5.74, 6) is 0.683. The summed E-state index contributed by atoms with van der Waals surface area (Å²) in [6.45, 7) is 0. The summed E-state index contributed by atoms with van der Waals surface area (Å²) in [5, 5.41) is 10.6. The maximum atomic E-state index is 13.5. The summed E-state index contributed by atoms with van der Waals surface area (Å²) in [6, 6.07) is 8.72. The number of aldehydes is 1. The van der Waals surface area contributed by atoms with E-state index in [1.165, 1.54) is 38.5 Å². The molecule has 0 saturated carbocycles. The van der Waals surface area contributed by atoms with Crippen molar-refractivity contribution in [2.24, 2.45) is 0 Å². The Kier molecular flexibility index (Phi) is 6.63. The van der Waals surface area contributed by atoms with E-state index < -0.39 is 16.8 Å². The lowest BCUT2D eigenvalue weighted by Gasteiger charge is -2.13. The third-order valence-electron chi connectivity index (χ3n) is 4.21. The minimum absolute atomic E-state index is 0.0367. The van der Waals surface area contributed by atoms with Gasteiger partial charge in [-0.2, -0.15) is 13.2 Å². The first-order valence-corrected chi connectivity index (χ1v) is 9.58. The average molecular weight is 465 g/mol. The van der Waals surface area contributed by atoms with Crippen LogP contribution in [0.2, 0.25) is 0 Å². The number of carbonyl (C=O) groups is 1. The lowest BCUT2D eigenvalue weighted by atomic mass is 10.1. The summed E-state index contributed by atoms with van der Waals surface area (Å²) in [5.41, 5.74) is -1.30. The van der Waals surface area contributed by atoms with Gasteiger partial charge >= 0.3 is 6.18 Å². The molecule has 2 aromatic carbocycles. The zero-order valence-electron chi connectivity index (χ0n) is 16.5. The molecule has 166 valence electrons. The van der Waals surface area contributed by atoms with E-state index in [1.807, 2.05) is 0 Å². The zero-order chi connectivity index (χ0) is 23.5. The van der Waals surface area contributed by atoms with Gasteiger partial charge in [-0.3, -0.25) is 14.9 Å². The highest BCUT2D eigenvalue weighted by atomic mass is 32.2. The van der Waals surface area contributed by atoms with Gasteiger partial charge in [0.2, 0.25) is 0 Å². The van der Waals surface area contributed by atoms with Crippen LogP contribution in [0.3, 0.4) is 0 Å². The second kappa shape index (κ2) is 9.22. The standard InChI is InChI=1S/C20H14F3N3O5S/c1-30-15-5-3-11(8-16(15)31-2)14-9-18(20(21,22)23)25-19(24-14)32-17-6-4-13(26(28)29)7-12(17)10-27/h3-10H,1-2H3. The van der Waals surface area contributed by atoms with Crippen molar-refractivity contribution >= 4 is 23.7 Å². The normalized spacial score (nSPS) is 11.2. The highest BCUT2D eigenvalue weighted by Crippen LogP contribution is 2.37. The van der Waals surface area contributed by atoms with Crippen LogP contribution in [-0.2, 0) is 6.18 Å². The van der Waals surface area contributed by atoms with Gasteiger partial charge in [0.05, 0.1) is 24.8 Å². The molecule has 0 spiro atoms. The average Bonchev–Trinajstić information content (AvgIpc) is 2.77. The summed E-state index contributed by atoms with van der Waals surface area (Å²) < 4.78 is 50.8. The van der Waals surface area contributed by atoms with E-state index in [0.717, 1.165) is 18.2 Å². The fourth-order valence-corrected chi connectivity index (χ4v) is 3.54. The van der Waals surface area contributed by atoms with Gasteiger partial charge in [-0.15, -0.1) is 0 Å². The lowest BCUT2D eigenvalue weighted by molar-refractivity contribution is -0.384. The summed E-state index contributed by atoms with van der Waals surface area (Å²) in [6.07, 6.45) is -4.38. The molecule has 0 unspecified atom stereocenters. The molecule has 0 aliphatic carbocycles. The first-order chi connectivity index (χ1) is 15.2. The van der Waals surface area contributed by atoms with Crippen LogP contribution in [-0.4, -0.2) is 35.4 Å². The van der Waals surface area contributed by atoms with E-state index in [0.29, 0.717) is 35.1 Å². The molecule has 0 N–H and O–H groups in total. The number of nitro groups is 1. The number of alkyl halides is 3. The Morgan fingerprint density at radius 2 is 1.75 bits per heavy atom. The molecule has 1 aromatic heterocycles. The second-order valence-electron chi connectivity index (χ2n) is 6.19. The predicted molar refractivity (Wildman–Crippen MR) is 108 cm³/mol. The van der Waals surface area contributed by atoms with Crippen LogP contribution >= 0.6 is 11.8 Å². The highest BCUT2D eigenvalue weighted by molar-refractivity contribution is 7.99. The van der Waals surface area contributed by atoms with E-state index in [1.54, 1.807) is 0 Å². The summed E-state index contributed by atoms with van der Waals surface area (Å²) in [4.78, 5) is 29.5. The summed E-state index contributed by atoms with van der Waals surface area (Å²) >= 11 is 0.684. The molecule has 0 aliphatic heterocycles. The van der Waals surface area contributed by atoms with Crippen molar-refractivity contribution in [3.63, 3.8) is 0 Å². The number of ether oxygens (including phenoxy) is 2. The fraction of sp³-hybridized carbons (Fsp3) is 0.150. The predicted octanol–water partition coefficient (Wildman–Crippen LogP) is 5.05. The van der Waals surface area contributed by atoms with Crippen molar-refractivity contribution < 1.29 is 32.4 Å². The molecular formula is C20H14F3N3O5S. The Balaban J connectivity index is 2.10. The molecule has 0 amide bonds. The van der Waals surface area contributed by atoms with Gasteiger partial charge in [-0.05, 0) is 42.1 Å². The Morgan fingerprint density at radius 3 is 2.34 bits per heavy atom. The van der Waals surface area contributed by atoms with Crippen LogP contribution in [0.1, 0.15) is 16.1 Å². The van der Waals surface area contributed by atoms with Gasteiger partial charge in [0.25, 0.3) is 5.69 Å². The van der Waals surface area contributed by atoms with Crippen molar-refractivity contribution in [1.29, 1.82) is 0 Å². The number of aromatic nitrogens is 2. The number of nitro benzene ring substituents is 1. The van der Waals surface area contributed by atoms with Crippen LogP contribution in [0, 0.1) is 10.1 Å². The van der Waals surface area contributed by atoms with Gasteiger partial charge in [-0.1, -0.05) is 0 Å². The van der Waals surface area contributed by atoms with Gasteiger partial charge in [0.1, 0.15) is 5.69 Å². The molecule has 32 heavy (non-hydrogen) atoms. The van der Waals surface area contributed by atoms with Crippen molar-refractivity contribution in [3.8, 4) is 22.8 Å². The quantitative estimate of drug-likeness (QED) is 0.207. The molecule has 0 aliphatic rings. The SMILES string of the molecule is COc1ccc(-c2cc(C(F)(F)F)nc(Sc3ccc([N+](=O)[O-])cc3C=O)n2)cc1OC. The zero-order valence-corrected chi connectivity index (χ0v) is 17.4. The van der Waals surface area contributed by atoms with E-state index in [2.05, 4.69) is 9.97 Å². The smallest absolute Gasteiger partial charge is 0.433 e. The van der Waals surface area contributed by atoms with Gasteiger partial charge in [0.15, 0.2) is 22.9 Å². The van der Waals surface area contributed by atoms with Crippen LogP contribution in [0.4, 0.5) is 18.9 Å². The van der Waals surface area contributed by atoms with E-state index in [4.69, 9.17) is 9.47 Å². The number of methoxy groups -OCH3 is 2. The Hall–Kier alpha value is -3.67. The Bertz CT molecular complexity index is 1190. The largest absolute Gasteiger partial charge is 0.493 e. The number of nitrogens with zero attached hydrogens (tertiary/aromatic N) is 3. The van der Waals surface area contributed by atoms with Gasteiger partial charge in [0, 0.05) is 28.2 Å². The third kappa shape index (κ3) is 4.97. The van der Waals surface area contributed by atoms with E-state index >= 15 is 0 Å². The number of benzene rings is 2. The summed E-state index contributed by atoms with van der Waals surface area (Å²) in [7, 11) is 2.81. The molecule has 3 rings (SSSR count). The number of rotatable bonds is 7. The third-order valence-corrected chi connectivity index (χ3v) is 5.16. The van der Waals surface area contributed by atoms with E-state index in [9.17, 15) is 28.1 Å². The van der Waals surface area contributed by atoms with Crippen molar-refractivity contribution in [2.45, 2.75) is 16.2 Å². The Morgan fingerprint density at radius 1 is 1.03 bits per heavy atom. The topological polar surface area (TPSA) is 104 Å². The minimum Gasteiger partial charge on any atom is -0.493 e. The van der Waals surface area contributed by atoms with E-state index in [-0.39, 0.29) is 27.0 Å². The fourth-order valence-electron chi connectivity index (χ4n) is 2.69. The molecule has 0 bridgehead atoms. The highest BCUT2D eigenvalue weighted by Gasteiger charge is 2.34. The number of non-ortho nitro benzene ring substituents is 1. The van der Waals surface area contributed by atoms with Crippen LogP contribution in [0.25, 0.3) is 11.3 Å². The maximum absolute atomic E-state index is 13.5.